The Morgan fingerprint density at radius 3 is 2.85 bits per heavy atom. The predicted molar refractivity (Wildman–Crippen MR) is 51.4 cm³/mol. The summed E-state index contributed by atoms with van der Waals surface area (Å²) in [5.41, 5.74) is 0. The van der Waals surface area contributed by atoms with Crippen LogP contribution in [0.15, 0.2) is 12.2 Å². The van der Waals surface area contributed by atoms with E-state index in [4.69, 9.17) is 0 Å². The second-order valence-electron chi connectivity index (χ2n) is 3.70. The van der Waals surface area contributed by atoms with Gasteiger partial charge in [0, 0.05) is 12.6 Å². The van der Waals surface area contributed by atoms with Crippen molar-refractivity contribution < 1.29 is 4.79 Å². The number of rotatable bonds is 1. The summed E-state index contributed by atoms with van der Waals surface area (Å²) in [6.07, 6.45) is 6.93. The number of piperidine rings is 1. The first-order valence-corrected chi connectivity index (χ1v) is 5.06. The highest BCUT2D eigenvalue weighted by Crippen LogP contribution is 2.15. The minimum Gasteiger partial charge on any atom is -0.336 e. The molecule has 1 saturated heterocycles. The van der Waals surface area contributed by atoms with E-state index in [1.54, 1.807) is 6.08 Å². The first-order valence-electron chi connectivity index (χ1n) is 5.06. The van der Waals surface area contributed by atoms with Crippen LogP contribution in [0.1, 0.15) is 19.3 Å². The third-order valence-corrected chi connectivity index (χ3v) is 2.83. The van der Waals surface area contributed by atoms with Crippen LogP contribution in [0.4, 0.5) is 0 Å². The zero-order valence-corrected chi connectivity index (χ0v) is 7.83. The summed E-state index contributed by atoms with van der Waals surface area (Å²) in [6.45, 7) is 3.02. The van der Waals surface area contributed by atoms with Crippen molar-refractivity contribution >= 4 is 5.91 Å². The molecule has 0 unspecified atom stereocenters. The maximum atomic E-state index is 11.5. The van der Waals surface area contributed by atoms with Gasteiger partial charge in [-0.1, -0.05) is 6.08 Å². The molecule has 3 heteroatoms. The van der Waals surface area contributed by atoms with Crippen LogP contribution in [0.25, 0.3) is 0 Å². The molecule has 13 heavy (non-hydrogen) atoms. The lowest BCUT2D eigenvalue weighted by Gasteiger charge is -2.35. The van der Waals surface area contributed by atoms with Gasteiger partial charge in [0.2, 0.25) is 5.91 Å². The fraction of sp³-hybridized carbons (Fsp3) is 0.700. The summed E-state index contributed by atoms with van der Waals surface area (Å²) >= 11 is 0. The van der Waals surface area contributed by atoms with E-state index in [2.05, 4.69) is 5.32 Å². The number of nitrogens with one attached hydrogen (secondary N) is 1. The molecule has 0 atom stereocenters. The standard InChI is InChI=1S/C10H16N2O/c13-10-3-1-2-8-12(10)9-4-6-11-7-5-9/h1,3,9,11H,2,4-8H2. The first kappa shape index (κ1) is 8.75. The number of carbonyl (C=O) groups is 1. The highest BCUT2D eigenvalue weighted by molar-refractivity contribution is 5.88. The number of hydrogen-bond acceptors (Lipinski definition) is 2. The second-order valence-corrected chi connectivity index (χ2v) is 3.70. The zero-order valence-electron chi connectivity index (χ0n) is 7.83. The SMILES string of the molecule is O=C1C=CCCN1C1CCNCC1. The smallest absolute Gasteiger partial charge is 0.246 e. The summed E-state index contributed by atoms with van der Waals surface area (Å²) in [6, 6.07) is 0.485. The molecular formula is C10H16N2O. The summed E-state index contributed by atoms with van der Waals surface area (Å²) in [5.74, 6) is 0.207. The Labute approximate surface area is 78.8 Å². The van der Waals surface area contributed by atoms with Crippen molar-refractivity contribution in [1.29, 1.82) is 0 Å². The predicted octanol–water partition coefficient (Wildman–Crippen LogP) is 0.527. The van der Waals surface area contributed by atoms with Crippen LogP contribution < -0.4 is 5.32 Å². The quantitative estimate of drug-likeness (QED) is 0.638. The van der Waals surface area contributed by atoms with E-state index in [0.29, 0.717) is 6.04 Å². The van der Waals surface area contributed by atoms with Crippen LogP contribution in [-0.4, -0.2) is 36.5 Å². The van der Waals surface area contributed by atoms with Crippen molar-refractivity contribution in [2.45, 2.75) is 25.3 Å². The van der Waals surface area contributed by atoms with E-state index in [1.165, 1.54) is 0 Å². The van der Waals surface area contributed by atoms with Gasteiger partial charge in [-0.05, 0) is 38.4 Å². The Morgan fingerprint density at radius 1 is 1.38 bits per heavy atom. The third kappa shape index (κ3) is 1.91. The van der Waals surface area contributed by atoms with E-state index >= 15 is 0 Å². The van der Waals surface area contributed by atoms with Crippen molar-refractivity contribution in [2.24, 2.45) is 0 Å². The Bertz CT molecular complexity index is 219. The molecule has 0 aromatic rings. The highest BCUT2D eigenvalue weighted by atomic mass is 16.2. The molecule has 0 aliphatic carbocycles. The minimum absolute atomic E-state index is 0.207. The van der Waals surface area contributed by atoms with Gasteiger partial charge in [0.15, 0.2) is 0 Å². The Hall–Kier alpha value is -0.830. The van der Waals surface area contributed by atoms with E-state index in [1.807, 2.05) is 11.0 Å². The van der Waals surface area contributed by atoms with Crippen molar-refractivity contribution in [3.8, 4) is 0 Å². The summed E-state index contributed by atoms with van der Waals surface area (Å²) in [7, 11) is 0. The molecule has 1 N–H and O–H groups in total. The van der Waals surface area contributed by atoms with Gasteiger partial charge >= 0.3 is 0 Å². The minimum atomic E-state index is 0.207. The highest BCUT2D eigenvalue weighted by Gasteiger charge is 2.24. The van der Waals surface area contributed by atoms with Crippen molar-refractivity contribution in [2.75, 3.05) is 19.6 Å². The molecule has 2 aliphatic heterocycles. The summed E-state index contributed by atoms with van der Waals surface area (Å²) in [4.78, 5) is 13.5. The lowest BCUT2D eigenvalue weighted by Crippen LogP contribution is -2.46. The van der Waals surface area contributed by atoms with Gasteiger partial charge in [0.25, 0.3) is 0 Å². The fourth-order valence-electron chi connectivity index (χ4n) is 2.08. The van der Waals surface area contributed by atoms with Crippen LogP contribution in [0.2, 0.25) is 0 Å². The monoisotopic (exact) mass is 180 g/mol. The van der Waals surface area contributed by atoms with Crippen LogP contribution in [-0.2, 0) is 4.79 Å². The van der Waals surface area contributed by atoms with Gasteiger partial charge in [-0.15, -0.1) is 0 Å². The van der Waals surface area contributed by atoms with Crippen LogP contribution in [0.5, 0.6) is 0 Å². The van der Waals surface area contributed by atoms with Gasteiger partial charge < -0.3 is 10.2 Å². The maximum Gasteiger partial charge on any atom is 0.246 e. The zero-order chi connectivity index (χ0) is 9.10. The van der Waals surface area contributed by atoms with Crippen LogP contribution in [0, 0.1) is 0 Å². The van der Waals surface area contributed by atoms with E-state index in [0.717, 1.165) is 38.9 Å². The molecule has 1 fully saturated rings. The average molecular weight is 180 g/mol. The van der Waals surface area contributed by atoms with Crippen LogP contribution in [0.3, 0.4) is 0 Å². The summed E-state index contributed by atoms with van der Waals surface area (Å²) in [5, 5.41) is 3.31. The second kappa shape index (κ2) is 3.92. The average Bonchev–Trinajstić information content (AvgIpc) is 2.20. The molecule has 0 aromatic carbocycles. The molecular weight excluding hydrogens is 164 g/mol. The molecule has 3 nitrogen and oxygen atoms in total. The Morgan fingerprint density at radius 2 is 2.15 bits per heavy atom. The topological polar surface area (TPSA) is 32.3 Å². The van der Waals surface area contributed by atoms with Gasteiger partial charge in [-0.25, -0.2) is 0 Å². The largest absolute Gasteiger partial charge is 0.336 e. The number of nitrogens with zero attached hydrogens (tertiary/aromatic N) is 1. The molecule has 0 bridgehead atoms. The van der Waals surface area contributed by atoms with Crippen molar-refractivity contribution in [3.05, 3.63) is 12.2 Å². The molecule has 0 saturated carbocycles. The lowest BCUT2D eigenvalue weighted by molar-refractivity contribution is -0.129. The lowest BCUT2D eigenvalue weighted by atomic mass is 10.0. The molecule has 72 valence electrons. The van der Waals surface area contributed by atoms with Crippen LogP contribution >= 0.6 is 0 Å². The summed E-state index contributed by atoms with van der Waals surface area (Å²) < 4.78 is 0. The Balaban J connectivity index is 1.98. The first-order chi connectivity index (χ1) is 6.38. The van der Waals surface area contributed by atoms with Gasteiger partial charge in [0.05, 0.1) is 0 Å². The van der Waals surface area contributed by atoms with E-state index in [-0.39, 0.29) is 5.91 Å². The number of carbonyl (C=O) groups excluding carboxylic acids is 1. The number of amides is 1. The van der Waals surface area contributed by atoms with Gasteiger partial charge in [-0.3, -0.25) is 4.79 Å². The van der Waals surface area contributed by atoms with Crippen molar-refractivity contribution in [3.63, 3.8) is 0 Å². The molecule has 2 heterocycles. The molecule has 2 rings (SSSR count). The molecule has 0 spiro atoms. The third-order valence-electron chi connectivity index (χ3n) is 2.83. The molecule has 0 radical (unpaired) electrons. The van der Waals surface area contributed by atoms with Gasteiger partial charge in [0.1, 0.15) is 0 Å². The maximum absolute atomic E-state index is 11.5. The van der Waals surface area contributed by atoms with E-state index in [9.17, 15) is 4.79 Å². The normalized spacial score (nSPS) is 25.2. The van der Waals surface area contributed by atoms with Crippen molar-refractivity contribution in [1.82, 2.24) is 10.2 Å². The molecule has 1 amide bonds. The Kier molecular flexibility index (Phi) is 2.64. The molecule has 0 aromatic heterocycles. The van der Waals surface area contributed by atoms with E-state index < -0.39 is 0 Å². The van der Waals surface area contributed by atoms with Gasteiger partial charge in [-0.2, -0.15) is 0 Å². The number of hydrogen-bond donors (Lipinski definition) is 1. The molecule has 2 aliphatic rings. The fourth-order valence-corrected chi connectivity index (χ4v) is 2.08.